The van der Waals surface area contributed by atoms with E-state index in [-0.39, 0.29) is 0 Å². The molecule has 4 nitrogen and oxygen atoms in total. The molecule has 1 fully saturated rings. The lowest BCUT2D eigenvalue weighted by Crippen LogP contribution is -2.36. The number of pyridine rings is 1. The van der Waals surface area contributed by atoms with Crippen LogP contribution in [0.5, 0.6) is 0 Å². The van der Waals surface area contributed by atoms with Crippen LogP contribution in [0, 0.1) is 0 Å². The Morgan fingerprint density at radius 3 is 3.31 bits per heavy atom. The van der Waals surface area contributed by atoms with Gasteiger partial charge in [-0.15, -0.1) is 0 Å². The van der Waals surface area contributed by atoms with Gasteiger partial charge in [-0.2, -0.15) is 11.8 Å². The third-order valence-electron chi connectivity index (χ3n) is 2.75. The summed E-state index contributed by atoms with van der Waals surface area (Å²) in [5.41, 5.74) is 3.82. The molecule has 1 unspecified atom stereocenters. The van der Waals surface area contributed by atoms with Crippen LogP contribution >= 0.6 is 11.8 Å². The predicted octanol–water partition coefficient (Wildman–Crippen LogP) is 1.30. The molecular formula is C11H18N4S. The number of nitrogen functional groups attached to an aromatic ring is 1. The number of nitrogens with one attached hydrogen (secondary N) is 1. The fraction of sp³-hybridized carbons (Fsp3) is 0.545. The molecule has 3 N–H and O–H groups in total. The Kier molecular flexibility index (Phi) is 4.04. The molecule has 88 valence electrons. The maximum atomic E-state index is 5.45. The fourth-order valence-corrected chi connectivity index (χ4v) is 3.05. The monoisotopic (exact) mass is 238 g/mol. The maximum Gasteiger partial charge on any atom is 0.144 e. The van der Waals surface area contributed by atoms with Gasteiger partial charge in [-0.05, 0) is 6.07 Å². The van der Waals surface area contributed by atoms with Crippen molar-refractivity contribution in [2.24, 2.45) is 5.84 Å². The van der Waals surface area contributed by atoms with Crippen molar-refractivity contribution in [1.82, 2.24) is 9.88 Å². The molecule has 5 heteroatoms. The summed E-state index contributed by atoms with van der Waals surface area (Å²) in [7, 11) is 0. The Bertz CT molecular complexity index is 345. The average molecular weight is 238 g/mol. The minimum absolute atomic E-state index is 0.722. The van der Waals surface area contributed by atoms with Gasteiger partial charge in [0.15, 0.2) is 0 Å². The Morgan fingerprint density at radius 2 is 2.56 bits per heavy atom. The topological polar surface area (TPSA) is 54.2 Å². The van der Waals surface area contributed by atoms with Crippen LogP contribution in [-0.4, -0.2) is 34.0 Å². The first-order valence-corrected chi connectivity index (χ1v) is 6.59. The molecule has 0 saturated carbocycles. The van der Waals surface area contributed by atoms with E-state index in [0.29, 0.717) is 0 Å². The number of rotatable bonds is 3. The second-order valence-corrected chi connectivity index (χ2v) is 5.62. The van der Waals surface area contributed by atoms with Crippen LogP contribution < -0.4 is 11.3 Å². The first kappa shape index (κ1) is 11.7. The number of nitrogens with zero attached hydrogens (tertiary/aromatic N) is 2. The van der Waals surface area contributed by atoms with Gasteiger partial charge in [0.2, 0.25) is 0 Å². The lowest BCUT2D eigenvalue weighted by Gasteiger charge is -2.30. The summed E-state index contributed by atoms with van der Waals surface area (Å²) in [6.07, 6.45) is 1.76. The van der Waals surface area contributed by atoms with E-state index in [4.69, 9.17) is 5.84 Å². The normalized spacial score (nSPS) is 22.0. The van der Waals surface area contributed by atoms with Gasteiger partial charge in [0.25, 0.3) is 0 Å². The number of thioether (sulfide) groups is 1. The summed E-state index contributed by atoms with van der Waals surface area (Å²) in [4.78, 5) is 6.67. The van der Waals surface area contributed by atoms with Crippen LogP contribution in [0.25, 0.3) is 0 Å². The first-order chi connectivity index (χ1) is 7.79. The van der Waals surface area contributed by atoms with Gasteiger partial charge in [0.1, 0.15) is 5.82 Å². The number of nitrogens with two attached hydrogens (primary N) is 1. The van der Waals surface area contributed by atoms with Gasteiger partial charge in [-0.3, -0.25) is 4.90 Å². The van der Waals surface area contributed by atoms with Crippen molar-refractivity contribution < 1.29 is 0 Å². The highest BCUT2D eigenvalue weighted by Gasteiger charge is 2.17. The van der Waals surface area contributed by atoms with Crippen LogP contribution in [0.2, 0.25) is 0 Å². The van der Waals surface area contributed by atoms with E-state index in [0.717, 1.165) is 30.7 Å². The van der Waals surface area contributed by atoms with E-state index in [2.05, 4.69) is 28.3 Å². The molecule has 2 rings (SSSR count). The lowest BCUT2D eigenvalue weighted by atomic mass is 10.2. The molecule has 1 aliphatic heterocycles. The van der Waals surface area contributed by atoms with Crippen molar-refractivity contribution in [1.29, 1.82) is 0 Å². The number of hydrazine groups is 1. The molecule has 1 aromatic rings. The Balaban J connectivity index is 2.02. The van der Waals surface area contributed by atoms with E-state index in [1.165, 1.54) is 11.3 Å². The van der Waals surface area contributed by atoms with Crippen LogP contribution in [0.15, 0.2) is 18.3 Å². The molecule has 1 atom stereocenters. The van der Waals surface area contributed by atoms with Gasteiger partial charge in [0, 0.05) is 42.4 Å². The number of anilines is 1. The smallest absolute Gasteiger partial charge is 0.144 e. The lowest BCUT2D eigenvalue weighted by molar-refractivity contribution is 0.278. The summed E-state index contributed by atoms with van der Waals surface area (Å²) in [5, 5.41) is 0.722. The quantitative estimate of drug-likeness (QED) is 0.614. The minimum atomic E-state index is 0.722. The molecule has 0 aliphatic carbocycles. The van der Waals surface area contributed by atoms with Gasteiger partial charge in [-0.1, -0.05) is 13.0 Å². The zero-order chi connectivity index (χ0) is 11.4. The molecule has 1 saturated heterocycles. The predicted molar refractivity (Wildman–Crippen MR) is 69.2 cm³/mol. The molecule has 0 spiro atoms. The van der Waals surface area contributed by atoms with E-state index in [1.54, 1.807) is 6.20 Å². The highest BCUT2D eigenvalue weighted by molar-refractivity contribution is 7.99. The fourth-order valence-electron chi connectivity index (χ4n) is 1.97. The number of aromatic nitrogens is 1. The summed E-state index contributed by atoms with van der Waals surface area (Å²) >= 11 is 2.04. The summed E-state index contributed by atoms with van der Waals surface area (Å²) in [6.45, 7) is 5.50. The molecule has 1 aromatic heterocycles. The summed E-state index contributed by atoms with van der Waals surface area (Å²) in [5.74, 6) is 7.45. The van der Waals surface area contributed by atoms with Crippen LogP contribution in [0.1, 0.15) is 12.5 Å². The Labute approximate surface area is 101 Å². The van der Waals surface area contributed by atoms with Gasteiger partial charge in [0.05, 0.1) is 0 Å². The van der Waals surface area contributed by atoms with Gasteiger partial charge in [-0.25, -0.2) is 10.8 Å². The van der Waals surface area contributed by atoms with E-state index in [9.17, 15) is 0 Å². The van der Waals surface area contributed by atoms with Crippen molar-refractivity contribution in [3.8, 4) is 0 Å². The SMILES string of the molecule is CC1CN(Cc2cccnc2NN)CCS1. The third-order valence-corrected chi connectivity index (χ3v) is 3.88. The van der Waals surface area contributed by atoms with Crippen LogP contribution in [-0.2, 0) is 6.54 Å². The standard InChI is InChI=1S/C11H18N4S/c1-9-7-15(5-6-16-9)8-10-3-2-4-13-11(10)14-12/h2-4,9H,5-8,12H2,1H3,(H,13,14). The van der Waals surface area contributed by atoms with Crippen LogP contribution in [0.4, 0.5) is 5.82 Å². The van der Waals surface area contributed by atoms with Gasteiger partial charge < -0.3 is 5.43 Å². The van der Waals surface area contributed by atoms with Crippen molar-refractivity contribution in [3.05, 3.63) is 23.9 Å². The van der Waals surface area contributed by atoms with Crippen molar-refractivity contribution in [2.45, 2.75) is 18.7 Å². The maximum absolute atomic E-state index is 5.45. The van der Waals surface area contributed by atoms with E-state index < -0.39 is 0 Å². The van der Waals surface area contributed by atoms with Crippen molar-refractivity contribution in [2.75, 3.05) is 24.3 Å². The zero-order valence-corrected chi connectivity index (χ0v) is 10.3. The van der Waals surface area contributed by atoms with Crippen LogP contribution in [0.3, 0.4) is 0 Å². The second-order valence-electron chi connectivity index (χ2n) is 4.07. The molecule has 0 bridgehead atoms. The first-order valence-electron chi connectivity index (χ1n) is 5.54. The number of hydrogen-bond donors (Lipinski definition) is 2. The summed E-state index contributed by atoms with van der Waals surface area (Å²) in [6, 6.07) is 4.03. The molecule has 16 heavy (non-hydrogen) atoms. The minimum Gasteiger partial charge on any atom is -0.308 e. The largest absolute Gasteiger partial charge is 0.308 e. The highest BCUT2D eigenvalue weighted by atomic mass is 32.2. The third kappa shape index (κ3) is 2.87. The van der Waals surface area contributed by atoms with Crippen molar-refractivity contribution >= 4 is 17.6 Å². The van der Waals surface area contributed by atoms with E-state index >= 15 is 0 Å². The molecule has 2 heterocycles. The second kappa shape index (κ2) is 5.52. The highest BCUT2D eigenvalue weighted by Crippen LogP contribution is 2.21. The molecule has 1 aliphatic rings. The van der Waals surface area contributed by atoms with Crippen molar-refractivity contribution in [3.63, 3.8) is 0 Å². The van der Waals surface area contributed by atoms with Gasteiger partial charge >= 0.3 is 0 Å². The number of hydrogen-bond acceptors (Lipinski definition) is 5. The molecule has 0 aromatic carbocycles. The zero-order valence-electron chi connectivity index (χ0n) is 9.52. The average Bonchev–Trinajstić information content (AvgIpc) is 2.30. The Morgan fingerprint density at radius 1 is 1.69 bits per heavy atom. The van der Waals surface area contributed by atoms with E-state index in [1.807, 2.05) is 17.8 Å². The Hall–Kier alpha value is -0.780. The molecule has 0 radical (unpaired) electrons. The molecular weight excluding hydrogens is 220 g/mol. The summed E-state index contributed by atoms with van der Waals surface area (Å²) < 4.78 is 0. The molecule has 0 amide bonds.